The van der Waals surface area contributed by atoms with Gasteiger partial charge in [0.1, 0.15) is 20.9 Å². The molecule has 108 valence electrons. The number of rotatable bonds is 3. The lowest BCUT2D eigenvalue weighted by molar-refractivity contribution is 0.233. The maximum absolute atomic E-state index is 5.92. The molecule has 3 nitrogen and oxygen atoms in total. The quantitative estimate of drug-likeness (QED) is 0.907. The standard InChI is InChI=1S/C15H19ClN2OS/c1-9-4-10-11(5-15(2,3)6-12(10)19-9)17-8-14-18-7-13(16)20-14/h4,7,11,17H,5-6,8H2,1-3H3. The van der Waals surface area contributed by atoms with E-state index in [1.165, 1.54) is 16.9 Å². The number of aromatic nitrogens is 1. The van der Waals surface area contributed by atoms with Crippen LogP contribution in [0.15, 0.2) is 16.7 Å². The summed E-state index contributed by atoms with van der Waals surface area (Å²) in [6.07, 6.45) is 3.83. The van der Waals surface area contributed by atoms with E-state index in [0.29, 0.717) is 6.04 Å². The molecular weight excluding hydrogens is 292 g/mol. The molecule has 2 aromatic rings. The maximum atomic E-state index is 5.92. The molecule has 3 rings (SSSR count). The molecule has 0 saturated carbocycles. The van der Waals surface area contributed by atoms with Crippen molar-refractivity contribution in [2.24, 2.45) is 5.41 Å². The monoisotopic (exact) mass is 310 g/mol. The lowest BCUT2D eigenvalue weighted by Gasteiger charge is -2.34. The smallest absolute Gasteiger partial charge is 0.113 e. The Morgan fingerprint density at radius 3 is 3.05 bits per heavy atom. The first-order chi connectivity index (χ1) is 9.43. The van der Waals surface area contributed by atoms with Crippen LogP contribution in [0.4, 0.5) is 0 Å². The molecule has 1 aliphatic rings. The number of nitrogens with one attached hydrogen (secondary N) is 1. The van der Waals surface area contributed by atoms with E-state index in [9.17, 15) is 0 Å². The molecule has 0 amide bonds. The average Bonchev–Trinajstić information content (AvgIpc) is 2.90. The van der Waals surface area contributed by atoms with Crippen molar-refractivity contribution in [2.45, 2.75) is 46.2 Å². The van der Waals surface area contributed by atoms with E-state index in [1.54, 1.807) is 6.20 Å². The van der Waals surface area contributed by atoms with Gasteiger partial charge in [-0.15, -0.1) is 11.3 Å². The van der Waals surface area contributed by atoms with Crippen LogP contribution in [-0.4, -0.2) is 4.98 Å². The highest BCUT2D eigenvalue weighted by Crippen LogP contribution is 2.42. The van der Waals surface area contributed by atoms with Gasteiger partial charge < -0.3 is 9.73 Å². The summed E-state index contributed by atoms with van der Waals surface area (Å²) in [7, 11) is 0. The fraction of sp³-hybridized carbons (Fsp3) is 0.533. The first kappa shape index (κ1) is 14.1. The third-order valence-corrected chi connectivity index (χ3v) is 4.88. The van der Waals surface area contributed by atoms with Crippen molar-refractivity contribution in [1.29, 1.82) is 0 Å². The zero-order valence-corrected chi connectivity index (χ0v) is 13.6. The van der Waals surface area contributed by atoms with Crippen molar-refractivity contribution in [3.8, 4) is 0 Å². The molecular formula is C15H19ClN2OS. The molecule has 0 fully saturated rings. The van der Waals surface area contributed by atoms with Gasteiger partial charge in [-0.05, 0) is 24.8 Å². The van der Waals surface area contributed by atoms with Crippen LogP contribution in [0.2, 0.25) is 4.34 Å². The lowest BCUT2D eigenvalue weighted by Crippen LogP contribution is -2.32. The van der Waals surface area contributed by atoms with Crippen molar-refractivity contribution in [3.63, 3.8) is 0 Å². The van der Waals surface area contributed by atoms with Crippen molar-refractivity contribution in [3.05, 3.63) is 38.7 Å². The second kappa shape index (κ2) is 5.17. The summed E-state index contributed by atoms with van der Waals surface area (Å²) in [5.41, 5.74) is 1.57. The molecule has 0 aliphatic heterocycles. The first-order valence-electron chi connectivity index (χ1n) is 6.86. The van der Waals surface area contributed by atoms with Crippen molar-refractivity contribution < 1.29 is 4.42 Å². The fourth-order valence-corrected chi connectivity index (χ4v) is 3.85. The molecule has 0 saturated heterocycles. The lowest BCUT2D eigenvalue weighted by atomic mass is 9.75. The Kier molecular flexibility index (Phi) is 3.65. The van der Waals surface area contributed by atoms with Crippen LogP contribution in [0.1, 0.15) is 48.4 Å². The SMILES string of the molecule is Cc1cc2c(o1)CC(C)(C)CC2NCc1ncc(Cl)s1. The van der Waals surface area contributed by atoms with E-state index >= 15 is 0 Å². The second-order valence-corrected chi connectivity index (χ2v) is 8.02. The molecule has 2 heterocycles. The number of nitrogens with zero attached hydrogens (tertiary/aromatic N) is 1. The van der Waals surface area contributed by atoms with Crippen molar-refractivity contribution in [2.75, 3.05) is 0 Å². The van der Waals surface area contributed by atoms with E-state index in [1.807, 2.05) is 6.92 Å². The maximum Gasteiger partial charge on any atom is 0.113 e. The molecule has 1 N–H and O–H groups in total. The van der Waals surface area contributed by atoms with E-state index in [2.05, 4.69) is 30.2 Å². The summed E-state index contributed by atoms with van der Waals surface area (Å²) in [5, 5.41) is 4.63. The number of hydrogen-bond donors (Lipinski definition) is 1. The molecule has 1 unspecified atom stereocenters. The van der Waals surface area contributed by atoms with Gasteiger partial charge in [-0.3, -0.25) is 0 Å². The van der Waals surface area contributed by atoms with Gasteiger partial charge in [-0.25, -0.2) is 4.98 Å². The van der Waals surface area contributed by atoms with Gasteiger partial charge in [0.05, 0.1) is 6.20 Å². The first-order valence-corrected chi connectivity index (χ1v) is 8.05. The summed E-state index contributed by atoms with van der Waals surface area (Å²) in [5.74, 6) is 2.13. The fourth-order valence-electron chi connectivity index (χ4n) is 2.95. The number of thiazole rings is 1. The van der Waals surface area contributed by atoms with Gasteiger partial charge in [0, 0.05) is 24.6 Å². The number of halogens is 1. The molecule has 0 spiro atoms. The van der Waals surface area contributed by atoms with Crippen LogP contribution in [0.3, 0.4) is 0 Å². The summed E-state index contributed by atoms with van der Waals surface area (Å²) in [6.45, 7) is 7.36. The van der Waals surface area contributed by atoms with Gasteiger partial charge in [-0.2, -0.15) is 0 Å². The Labute approximate surface area is 128 Å². The van der Waals surface area contributed by atoms with Crippen LogP contribution >= 0.6 is 22.9 Å². The topological polar surface area (TPSA) is 38.1 Å². The highest BCUT2D eigenvalue weighted by atomic mass is 35.5. The zero-order valence-electron chi connectivity index (χ0n) is 12.0. The van der Waals surface area contributed by atoms with Crippen molar-refractivity contribution >= 4 is 22.9 Å². The van der Waals surface area contributed by atoms with Gasteiger partial charge >= 0.3 is 0 Å². The average molecular weight is 311 g/mol. The minimum absolute atomic E-state index is 0.259. The Morgan fingerprint density at radius 2 is 2.35 bits per heavy atom. The van der Waals surface area contributed by atoms with Crippen molar-refractivity contribution in [1.82, 2.24) is 10.3 Å². The minimum atomic E-state index is 0.259. The zero-order chi connectivity index (χ0) is 14.3. The molecule has 5 heteroatoms. The van der Waals surface area contributed by atoms with Crippen LogP contribution in [-0.2, 0) is 13.0 Å². The summed E-state index contributed by atoms with van der Waals surface area (Å²) >= 11 is 7.46. The third-order valence-electron chi connectivity index (χ3n) is 3.76. The second-order valence-electron chi connectivity index (χ2n) is 6.27. The molecule has 2 aromatic heterocycles. The normalized spacial score (nSPS) is 20.9. The minimum Gasteiger partial charge on any atom is -0.466 e. The Morgan fingerprint density at radius 1 is 1.55 bits per heavy atom. The number of hydrogen-bond acceptors (Lipinski definition) is 4. The summed E-state index contributed by atoms with van der Waals surface area (Å²) < 4.78 is 6.60. The van der Waals surface area contributed by atoms with Crippen LogP contribution < -0.4 is 5.32 Å². The van der Waals surface area contributed by atoms with Gasteiger partial charge in [0.2, 0.25) is 0 Å². The van der Waals surface area contributed by atoms with Gasteiger partial charge in [-0.1, -0.05) is 25.4 Å². The van der Waals surface area contributed by atoms with Gasteiger partial charge in [0.15, 0.2) is 0 Å². The van der Waals surface area contributed by atoms with Crippen LogP contribution in [0.5, 0.6) is 0 Å². The number of furan rings is 1. The van der Waals surface area contributed by atoms with Crippen LogP contribution in [0, 0.1) is 12.3 Å². The van der Waals surface area contributed by atoms with Crippen LogP contribution in [0.25, 0.3) is 0 Å². The summed E-state index contributed by atoms with van der Waals surface area (Å²) in [4.78, 5) is 4.30. The number of fused-ring (bicyclic) bond motifs is 1. The molecule has 1 aliphatic carbocycles. The van der Waals surface area contributed by atoms with E-state index in [4.69, 9.17) is 16.0 Å². The Bertz CT molecular complexity index is 617. The molecule has 1 atom stereocenters. The molecule has 0 bridgehead atoms. The summed E-state index contributed by atoms with van der Waals surface area (Å²) in [6, 6.07) is 2.49. The predicted octanol–water partition coefficient (Wildman–Crippen LogP) is 4.50. The highest BCUT2D eigenvalue weighted by molar-refractivity contribution is 7.15. The highest BCUT2D eigenvalue weighted by Gasteiger charge is 2.34. The third kappa shape index (κ3) is 2.92. The predicted molar refractivity (Wildman–Crippen MR) is 82.3 cm³/mol. The molecule has 0 aromatic carbocycles. The largest absolute Gasteiger partial charge is 0.466 e. The van der Waals surface area contributed by atoms with E-state index in [0.717, 1.165) is 40.3 Å². The van der Waals surface area contributed by atoms with Gasteiger partial charge in [0.25, 0.3) is 0 Å². The Balaban J connectivity index is 1.78. The Hall–Kier alpha value is -0.840. The van der Waals surface area contributed by atoms with E-state index < -0.39 is 0 Å². The number of aryl methyl sites for hydroxylation is 1. The van der Waals surface area contributed by atoms with E-state index in [-0.39, 0.29) is 5.41 Å². The molecule has 20 heavy (non-hydrogen) atoms. The molecule has 0 radical (unpaired) electrons.